The van der Waals surface area contributed by atoms with Gasteiger partial charge in [-0.2, -0.15) is 0 Å². The highest BCUT2D eigenvalue weighted by Crippen LogP contribution is 2.28. The average Bonchev–Trinajstić information content (AvgIpc) is 2.75. The summed E-state index contributed by atoms with van der Waals surface area (Å²) in [5.41, 5.74) is 0. The Morgan fingerprint density at radius 3 is 2.81 bits per heavy atom. The third kappa shape index (κ3) is 1.64. The first-order chi connectivity index (χ1) is 7.86. The van der Waals surface area contributed by atoms with E-state index in [1.807, 2.05) is 0 Å². The quantitative estimate of drug-likeness (QED) is 0.765. The molecule has 3 rings (SSSR count). The molecule has 5 heteroatoms. The van der Waals surface area contributed by atoms with Gasteiger partial charge in [0.05, 0.1) is 6.04 Å². The van der Waals surface area contributed by atoms with E-state index in [9.17, 15) is 0 Å². The zero-order valence-corrected chi connectivity index (χ0v) is 9.65. The molecule has 3 heterocycles. The summed E-state index contributed by atoms with van der Waals surface area (Å²) in [6.45, 7) is 5.89. The molecule has 0 aromatic carbocycles. The van der Waals surface area contributed by atoms with Crippen molar-refractivity contribution in [3.63, 3.8) is 0 Å². The van der Waals surface area contributed by atoms with Crippen LogP contribution in [0.15, 0.2) is 0 Å². The number of nitrogens with zero attached hydrogens (tertiary/aromatic N) is 3. The second-order valence-electron chi connectivity index (χ2n) is 4.63. The highest BCUT2D eigenvalue weighted by atomic mass is 16.5. The van der Waals surface area contributed by atoms with Crippen molar-refractivity contribution in [2.24, 2.45) is 0 Å². The molecule has 2 aliphatic rings. The second-order valence-corrected chi connectivity index (χ2v) is 4.63. The van der Waals surface area contributed by atoms with Gasteiger partial charge in [-0.25, -0.2) is 0 Å². The van der Waals surface area contributed by atoms with Crippen molar-refractivity contribution >= 4 is 0 Å². The number of nitrogens with one attached hydrogen (secondary N) is 1. The topological polar surface area (TPSA) is 52.0 Å². The summed E-state index contributed by atoms with van der Waals surface area (Å²) in [5, 5.41) is 12.1. The highest BCUT2D eigenvalue weighted by molar-refractivity contribution is 5.07. The smallest absolute Gasteiger partial charge is 0.149 e. The first-order valence-corrected chi connectivity index (χ1v) is 6.10. The van der Waals surface area contributed by atoms with Gasteiger partial charge in [-0.1, -0.05) is 0 Å². The predicted octanol–water partition coefficient (Wildman–Crippen LogP) is 0.836. The second kappa shape index (κ2) is 4.14. The van der Waals surface area contributed by atoms with E-state index in [0.29, 0.717) is 12.0 Å². The van der Waals surface area contributed by atoms with Gasteiger partial charge in [0.2, 0.25) is 0 Å². The van der Waals surface area contributed by atoms with Crippen molar-refractivity contribution in [1.29, 1.82) is 0 Å². The molecule has 0 amide bonds. The monoisotopic (exact) mass is 222 g/mol. The van der Waals surface area contributed by atoms with Crippen LogP contribution in [0, 0.1) is 0 Å². The van der Waals surface area contributed by atoms with Gasteiger partial charge in [-0.3, -0.25) is 0 Å². The van der Waals surface area contributed by atoms with Gasteiger partial charge in [-0.05, 0) is 19.8 Å². The zero-order chi connectivity index (χ0) is 11.0. The lowest BCUT2D eigenvalue weighted by atomic mass is 9.99. The lowest BCUT2D eigenvalue weighted by Gasteiger charge is -2.26. The van der Waals surface area contributed by atoms with Crippen molar-refractivity contribution in [3.05, 3.63) is 11.6 Å². The summed E-state index contributed by atoms with van der Waals surface area (Å²) in [6.07, 6.45) is 2.17. The summed E-state index contributed by atoms with van der Waals surface area (Å²) in [4.78, 5) is 0. The Kier molecular flexibility index (Phi) is 2.65. The van der Waals surface area contributed by atoms with E-state index in [4.69, 9.17) is 4.74 Å². The molecule has 0 saturated carbocycles. The van der Waals surface area contributed by atoms with Crippen molar-refractivity contribution < 1.29 is 4.74 Å². The van der Waals surface area contributed by atoms with Crippen LogP contribution in [-0.4, -0.2) is 34.5 Å². The van der Waals surface area contributed by atoms with E-state index in [1.165, 1.54) is 5.82 Å². The molecule has 1 unspecified atom stereocenters. The lowest BCUT2D eigenvalue weighted by molar-refractivity contribution is 0.0825. The molecule has 2 aliphatic heterocycles. The van der Waals surface area contributed by atoms with Gasteiger partial charge in [0, 0.05) is 32.2 Å². The van der Waals surface area contributed by atoms with Crippen molar-refractivity contribution in [2.75, 3.05) is 19.8 Å². The van der Waals surface area contributed by atoms with E-state index < -0.39 is 0 Å². The molecular weight excluding hydrogens is 204 g/mol. The van der Waals surface area contributed by atoms with Crippen LogP contribution < -0.4 is 5.32 Å². The summed E-state index contributed by atoms with van der Waals surface area (Å²) in [7, 11) is 0. The van der Waals surface area contributed by atoms with Crippen LogP contribution >= 0.6 is 0 Å². The molecular formula is C11H18N4O. The summed E-state index contributed by atoms with van der Waals surface area (Å²) < 4.78 is 7.70. The van der Waals surface area contributed by atoms with E-state index in [-0.39, 0.29) is 0 Å². The number of hydrogen-bond donors (Lipinski definition) is 1. The van der Waals surface area contributed by atoms with Crippen LogP contribution in [-0.2, 0) is 11.3 Å². The minimum Gasteiger partial charge on any atom is -0.381 e. The number of fused-ring (bicyclic) bond motifs is 1. The van der Waals surface area contributed by atoms with Crippen molar-refractivity contribution in [3.8, 4) is 0 Å². The Morgan fingerprint density at radius 2 is 2.00 bits per heavy atom. The number of rotatable bonds is 1. The Bertz CT molecular complexity index is 370. The average molecular weight is 222 g/mol. The number of ether oxygens (including phenoxy) is 1. The van der Waals surface area contributed by atoms with Gasteiger partial charge >= 0.3 is 0 Å². The van der Waals surface area contributed by atoms with E-state index >= 15 is 0 Å². The fourth-order valence-corrected chi connectivity index (χ4v) is 2.62. The Labute approximate surface area is 95.2 Å². The maximum atomic E-state index is 5.39. The molecule has 1 aromatic heterocycles. The molecule has 1 aromatic rings. The Hall–Kier alpha value is -0.940. The predicted molar refractivity (Wildman–Crippen MR) is 59.2 cm³/mol. The maximum Gasteiger partial charge on any atom is 0.149 e. The van der Waals surface area contributed by atoms with Crippen molar-refractivity contribution in [1.82, 2.24) is 20.1 Å². The fraction of sp³-hybridized carbons (Fsp3) is 0.818. The third-order valence-electron chi connectivity index (χ3n) is 3.57. The summed E-state index contributed by atoms with van der Waals surface area (Å²) in [6, 6.07) is 0.329. The lowest BCUT2D eigenvalue weighted by Crippen LogP contribution is -2.33. The van der Waals surface area contributed by atoms with Gasteiger partial charge in [0.1, 0.15) is 11.6 Å². The van der Waals surface area contributed by atoms with Crippen molar-refractivity contribution in [2.45, 2.75) is 38.3 Å². The van der Waals surface area contributed by atoms with Gasteiger partial charge in [-0.15, -0.1) is 10.2 Å². The Morgan fingerprint density at radius 1 is 1.25 bits per heavy atom. The Balaban J connectivity index is 1.89. The third-order valence-corrected chi connectivity index (χ3v) is 3.57. The highest BCUT2D eigenvalue weighted by Gasteiger charge is 2.27. The zero-order valence-electron chi connectivity index (χ0n) is 9.65. The van der Waals surface area contributed by atoms with Gasteiger partial charge < -0.3 is 14.6 Å². The SMILES string of the molecule is CC1NCCn2c(C3CCOCC3)nnc21. The van der Waals surface area contributed by atoms with E-state index in [2.05, 4.69) is 27.0 Å². The summed E-state index contributed by atoms with van der Waals surface area (Å²) in [5.74, 6) is 2.81. The normalized spacial score (nSPS) is 26.7. The van der Waals surface area contributed by atoms with E-state index in [0.717, 1.165) is 45.0 Å². The molecule has 88 valence electrons. The molecule has 5 nitrogen and oxygen atoms in total. The van der Waals surface area contributed by atoms with Crippen LogP contribution in [0.1, 0.15) is 43.4 Å². The van der Waals surface area contributed by atoms with Gasteiger partial charge in [0.15, 0.2) is 0 Å². The molecule has 0 aliphatic carbocycles. The maximum absolute atomic E-state index is 5.39. The van der Waals surface area contributed by atoms with Crippen LogP contribution in [0.5, 0.6) is 0 Å². The molecule has 0 spiro atoms. The molecule has 0 bridgehead atoms. The molecule has 1 saturated heterocycles. The van der Waals surface area contributed by atoms with Crippen LogP contribution in [0.4, 0.5) is 0 Å². The number of aromatic nitrogens is 3. The minimum absolute atomic E-state index is 0.329. The standard InChI is InChI=1S/C11H18N4O/c1-8-10-13-14-11(15(10)5-4-12-8)9-2-6-16-7-3-9/h8-9,12H,2-7H2,1H3. The largest absolute Gasteiger partial charge is 0.381 e. The molecule has 1 fully saturated rings. The van der Waals surface area contributed by atoms with Gasteiger partial charge in [0.25, 0.3) is 0 Å². The molecule has 0 radical (unpaired) electrons. The molecule has 16 heavy (non-hydrogen) atoms. The first kappa shape index (κ1) is 10.2. The van der Waals surface area contributed by atoms with Crippen LogP contribution in [0.25, 0.3) is 0 Å². The minimum atomic E-state index is 0.329. The van der Waals surface area contributed by atoms with Crippen LogP contribution in [0.2, 0.25) is 0 Å². The van der Waals surface area contributed by atoms with Crippen LogP contribution in [0.3, 0.4) is 0 Å². The fourth-order valence-electron chi connectivity index (χ4n) is 2.62. The first-order valence-electron chi connectivity index (χ1n) is 6.10. The molecule has 1 atom stereocenters. The summed E-state index contributed by atoms with van der Waals surface area (Å²) >= 11 is 0. The van der Waals surface area contributed by atoms with E-state index in [1.54, 1.807) is 0 Å². The molecule has 1 N–H and O–H groups in total. The number of hydrogen-bond acceptors (Lipinski definition) is 4.